The van der Waals surface area contributed by atoms with Gasteiger partial charge in [-0.3, -0.25) is 0 Å². The van der Waals surface area contributed by atoms with Crippen molar-refractivity contribution < 1.29 is 0 Å². The Hall–Kier alpha value is -0.880. The van der Waals surface area contributed by atoms with Crippen molar-refractivity contribution >= 4 is 34.9 Å². The number of thioether (sulfide) groups is 1. The summed E-state index contributed by atoms with van der Waals surface area (Å²) in [7, 11) is 0. The third kappa shape index (κ3) is 3.82. The lowest BCUT2D eigenvalue weighted by Gasteiger charge is -2.35. The summed E-state index contributed by atoms with van der Waals surface area (Å²) < 4.78 is 0.314. The highest BCUT2D eigenvalue weighted by molar-refractivity contribution is 8.00. The molecule has 1 fully saturated rings. The molecule has 110 valence electrons. The predicted octanol–water partition coefficient (Wildman–Crippen LogP) is 2.90. The molecule has 0 aliphatic heterocycles. The Kier molecular flexibility index (Phi) is 5.21. The van der Waals surface area contributed by atoms with Crippen molar-refractivity contribution in [3.63, 3.8) is 0 Å². The molecule has 0 atom stereocenters. The number of nitrogens with one attached hydrogen (secondary N) is 1. The molecule has 1 aliphatic carbocycles. The molecule has 1 aromatic heterocycles. The Morgan fingerprint density at radius 3 is 2.70 bits per heavy atom. The van der Waals surface area contributed by atoms with Crippen LogP contribution < -0.4 is 11.1 Å². The molecule has 1 heterocycles. The summed E-state index contributed by atoms with van der Waals surface area (Å²) in [5.41, 5.74) is 7.17. The lowest BCUT2D eigenvalue weighted by Crippen LogP contribution is -2.36. The highest BCUT2D eigenvalue weighted by Crippen LogP contribution is 2.38. The molecular weight excluding hydrogens is 288 g/mol. The fourth-order valence-corrected chi connectivity index (χ4v) is 3.68. The summed E-state index contributed by atoms with van der Waals surface area (Å²) in [4.78, 5) is 9.12. The van der Waals surface area contributed by atoms with Crippen LogP contribution in [0, 0.1) is 6.92 Å². The van der Waals surface area contributed by atoms with Gasteiger partial charge in [-0.05, 0) is 32.1 Å². The number of aromatic nitrogens is 2. The van der Waals surface area contributed by atoms with Crippen molar-refractivity contribution in [2.75, 3.05) is 18.1 Å². The highest BCUT2D eigenvalue weighted by Gasteiger charge is 2.31. The fraction of sp³-hybridized carbons (Fsp3) is 0.643. The molecule has 0 bridgehead atoms. The molecule has 4 nitrogen and oxygen atoms in total. The molecule has 0 radical (unpaired) electrons. The minimum atomic E-state index is 0.314. The van der Waals surface area contributed by atoms with Gasteiger partial charge in [0, 0.05) is 17.0 Å². The largest absolute Gasteiger partial charge is 0.388 e. The zero-order valence-corrected chi connectivity index (χ0v) is 13.7. The van der Waals surface area contributed by atoms with Crippen LogP contribution in [-0.4, -0.2) is 32.5 Å². The summed E-state index contributed by atoms with van der Waals surface area (Å²) in [5, 5.41) is 3.38. The summed E-state index contributed by atoms with van der Waals surface area (Å²) >= 11 is 6.95. The summed E-state index contributed by atoms with van der Waals surface area (Å²) in [6.07, 6.45) is 8.70. The van der Waals surface area contributed by atoms with E-state index in [1.165, 1.54) is 32.1 Å². The molecule has 20 heavy (non-hydrogen) atoms. The van der Waals surface area contributed by atoms with Gasteiger partial charge in [0.05, 0.1) is 0 Å². The van der Waals surface area contributed by atoms with Gasteiger partial charge in [0.15, 0.2) is 0 Å². The van der Waals surface area contributed by atoms with Gasteiger partial charge >= 0.3 is 0 Å². The molecular formula is C14H22N4S2. The quantitative estimate of drug-likeness (QED) is 0.815. The molecule has 0 spiro atoms. The molecule has 1 aliphatic rings. The van der Waals surface area contributed by atoms with Crippen LogP contribution in [-0.2, 0) is 0 Å². The molecule has 0 saturated heterocycles. The average Bonchev–Trinajstić information content (AvgIpc) is 2.45. The van der Waals surface area contributed by atoms with E-state index in [1.54, 1.807) is 0 Å². The van der Waals surface area contributed by atoms with Gasteiger partial charge in [0.25, 0.3) is 0 Å². The number of hydrogen-bond acceptors (Lipinski definition) is 5. The van der Waals surface area contributed by atoms with Crippen molar-refractivity contribution in [3.8, 4) is 0 Å². The standard InChI is InChI=1S/C14H22N4S2/c1-10-8-11(12(15)19)18-13(17-10)16-9-14(20-2)6-4-3-5-7-14/h8H,3-7,9H2,1-2H3,(H2,15,19)(H,16,17,18). The zero-order chi connectivity index (χ0) is 14.6. The van der Waals surface area contributed by atoms with E-state index >= 15 is 0 Å². The molecule has 1 aromatic rings. The van der Waals surface area contributed by atoms with Gasteiger partial charge in [0.2, 0.25) is 5.95 Å². The number of thiocarbonyl (C=S) groups is 1. The van der Waals surface area contributed by atoms with E-state index in [2.05, 4.69) is 21.5 Å². The van der Waals surface area contributed by atoms with E-state index < -0.39 is 0 Å². The zero-order valence-electron chi connectivity index (χ0n) is 12.1. The van der Waals surface area contributed by atoms with Crippen molar-refractivity contribution in [3.05, 3.63) is 17.5 Å². The molecule has 0 amide bonds. The summed E-state index contributed by atoms with van der Waals surface area (Å²) in [6.45, 7) is 2.83. The number of aryl methyl sites for hydroxylation is 1. The third-order valence-electron chi connectivity index (χ3n) is 3.87. The first-order valence-electron chi connectivity index (χ1n) is 6.99. The van der Waals surface area contributed by atoms with Crippen LogP contribution in [0.2, 0.25) is 0 Å². The minimum absolute atomic E-state index is 0.314. The normalized spacial score (nSPS) is 17.7. The maximum Gasteiger partial charge on any atom is 0.223 e. The van der Waals surface area contributed by atoms with E-state index in [0.717, 1.165) is 12.2 Å². The number of hydrogen-bond donors (Lipinski definition) is 2. The first-order chi connectivity index (χ1) is 9.54. The van der Waals surface area contributed by atoms with Gasteiger partial charge < -0.3 is 11.1 Å². The van der Waals surface area contributed by atoms with Crippen molar-refractivity contribution in [1.82, 2.24) is 9.97 Å². The number of rotatable bonds is 5. The monoisotopic (exact) mass is 310 g/mol. The Labute approximate surface area is 130 Å². The summed E-state index contributed by atoms with van der Waals surface area (Å²) in [5.74, 6) is 0.631. The second-order valence-electron chi connectivity index (χ2n) is 5.38. The second-order valence-corrected chi connectivity index (χ2v) is 7.10. The Morgan fingerprint density at radius 1 is 1.40 bits per heavy atom. The Balaban J connectivity index is 2.07. The van der Waals surface area contributed by atoms with Crippen LogP contribution in [0.3, 0.4) is 0 Å². The molecule has 6 heteroatoms. The van der Waals surface area contributed by atoms with Crippen LogP contribution in [0.1, 0.15) is 43.5 Å². The van der Waals surface area contributed by atoms with Crippen LogP contribution in [0.25, 0.3) is 0 Å². The maximum absolute atomic E-state index is 5.65. The topological polar surface area (TPSA) is 63.8 Å². The Morgan fingerprint density at radius 2 is 2.10 bits per heavy atom. The first kappa shape index (κ1) is 15.5. The van der Waals surface area contributed by atoms with Gasteiger partial charge in [0.1, 0.15) is 10.7 Å². The van der Waals surface area contributed by atoms with Crippen molar-refractivity contribution in [2.45, 2.75) is 43.8 Å². The molecule has 1 saturated carbocycles. The smallest absolute Gasteiger partial charge is 0.223 e. The van der Waals surface area contributed by atoms with Gasteiger partial charge in [-0.25, -0.2) is 9.97 Å². The number of nitrogens with two attached hydrogens (primary N) is 1. The van der Waals surface area contributed by atoms with Gasteiger partial charge in [-0.15, -0.1) is 0 Å². The molecule has 0 aromatic carbocycles. The number of anilines is 1. The van der Waals surface area contributed by atoms with Gasteiger partial charge in [-0.1, -0.05) is 31.5 Å². The van der Waals surface area contributed by atoms with Gasteiger partial charge in [-0.2, -0.15) is 11.8 Å². The molecule has 3 N–H and O–H groups in total. The van der Waals surface area contributed by atoms with Crippen molar-refractivity contribution in [2.24, 2.45) is 5.73 Å². The highest BCUT2D eigenvalue weighted by atomic mass is 32.2. The van der Waals surface area contributed by atoms with E-state index in [0.29, 0.717) is 21.4 Å². The van der Waals surface area contributed by atoms with Crippen LogP contribution >= 0.6 is 24.0 Å². The van der Waals surface area contributed by atoms with Crippen LogP contribution in [0.5, 0.6) is 0 Å². The summed E-state index contributed by atoms with van der Waals surface area (Å²) in [6, 6.07) is 1.82. The second kappa shape index (κ2) is 6.72. The first-order valence-corrected chi connectivity index (χ1v) is 8.62. The number of nitrogens with zero attached hydrogens (tertiary/aromatic N) is 2. The maximum atomic E-state index is 5.65. The van der Waals surface area contributed by atoms with Crippen molar-refractivity contribution in [1.29, 1.82) is 0 Å². The lowest BCUT2D eigenvalue weighted by atomic mass is 9.88. The predicted molar refractivity (Wildman–Crippen MR) is 90.5 cm³/mol. The van der Waals surface area contributed by atoms with Crippen LogP contribution in [0.4, 0.5) is 5.95 Å². The van der Waals surface area contributed by atoms with E-state index in [1.807, 2.05) is 24.8 Å². The molecule has 2 rings (SSSR count). The molecule has 0 unspecified atom stereocenters. The SMILES string of the molecule is CSC1(CNc2nc(C)cc(C(N)=S)n2)CCCCC1. The van der Waals surface area contributed by atoms with E-state index in [-0.39, 0.29) is 0 Å². The van der Waals surface area contributed by atoms with E-state index in [4.69, 9.17) is 18.0 Å². The third-order valence-corrected chi connectivity index (χ3v) is 5.50. The fourth-order valence-electron chi connectivity index (χ4n) is 2.66. The van der Waals surface area contributed by atoms with E-state index in [9.17, 15) is 0 Å². The Bertz CT molecular complexity index is 484. The minimum Gasteiger partial charge on any atom is -0.388 e. The average molecular weight is 310 g/mol. The van der Waals surface area contributed by atoms with Crippen LogP contribution in [0.15, 0.2) is 6.07 Å². The lowest BCUT2D eigenvalue weighted by molar-refractivity contribution is 0.411.